The zero-order valence-electron chi connectivity index (χ0n) is 14.3. The number of carbonyl (C=O) groups excluding carboxylic acids is 1. The molecule has 1 heterocycles. The summed E-state index contributed by atoms with van der Waals surface area (Å²) in [6, 6.07) is 11.2. The highest BCUT2D eigenvalue weighted by Crippen LogP contribution is 2.53. The molecule has 0 aromatic heterocycles. The van der Waals surface area contributed by atoms with E-state index >= 15 is 0 Å². The number of rotatable bonds is 3. The first-order valence-corrected chi connectivity index (χ1v) is 8.52. The van der Waals surface area contributed by atoms with Crippen molar-refractivity contribution in [2.24, 2.45) is 5.92 Å². The number of benzene rings is 2. The van der Waals surface area contributed by atoms with Crippen LogP contribution in [-0.2, 0) is 0 Å². The van der Waals surface area contributed by atoms with Crippen LogP contribution in [0.3, 0.4) is 0 Å². The van der Waals surface area contributed by atoms with Crippen molar-refractivity contribution in [1.29, 1.82) is 0 Å². The van der Waals surface area contributed by atoms with Crippen molar-refractivity contribution in [1.82, 2.24) is 0 Å². The molecule has 0 unspecified atom stereocenters. The molecule has 2 aromatic rings. The average Bonchev–Trinajstić information content (AvgIpc) is 3.11. The number of allylic oxidation sites excluding steroid dienone is 2. The summed E-state index contributed by atoms with van der Waals surface area (Å²) in [6.45, 7) is 2.14. The molecule has 4 heteroatoms. The maximum atomic E-state index is 11.0. The van der Waals surface area contributed by atoms with E-state index in [9.17, 15) is 9.90 Å². The number of methoxy groups -OCH3 is 1. The van der Waals surface area contributed by atoms with E-state index in [4.69, 9.17) is 4.74 Å². The van der Waals surface area contributed by atoms with E-state index in [2.05, 4.69) is 30.5 Å². The molecule has 25 heavy (non-hydrogen) atoms. The molecule has 1 N–H and O–H groups in total. The van der Waals surface area contributed by atoms with Crippen LogP contribution in [0.1, 0.15) is 45.4 Å². The van der Waals surface area contributed by atoms with Crippen molar-refractivity contribution in [2.45, 2.75) is 25.3 Å². The standard InChI is InChI=1S/C21H21NO3/c1-12-6-11-17(25-2)20-18(12)15-4-3-5-16(15)19(22-20)13-7-9-14(10-8-13)21(23)24/h3-4,6-11,15-16,19,22H,5H2,1-2H3,(H,23,24)/p-1/t15-,16+,19-/m0/s1. The van der Waals surface area contributed by atoms with Gasteiger partial charge in [-0.15, -0.1) is 0 Å². The Balaban J connectivity index is 1.79. The Morgan fingerprint density at radius 2 is 1.96 bits per heavy atom. The van der Waals surface area contributed by atoms with E-state index in [1.807, 2.05) is 18.2 Å². The Bertz CT molecular complexity index is 854. The summed E-state index contributed by atoms with van der Waals surface area (Å²) in [5.74, 6) is 0.450. The summed E-state index contributed by atoms with van der Waals surface area (Å²) in [6.07, 6.45) is 5.54. The van der Waals surface area contributed by atoms with Crippen LogP contribution in [-0.4, -0.2) is 13.1 Å². The fourth-order valence-electron chi connectivity index (χ4n) is 4.20. The number of anilines is 1. The highest BCUT2D eigenvalue weighted by Gasteiger charge is 2.39. The average molecular weight is 334 g/mol. The van der Waals surface area contributed by atoms with Gasteiger partial charge >= 0.3 is 0 Å². The third kappa shape index (κ3) is 2.49. The number of nitrogens with one attached hydrogen (secondary N) is 1. The highest BCUT2D eigenvalue weighted by atomic mass is 16.5. The zero-order valence-corrected chi connectivity index (χ0v) is 14.3. The molecule has 2 aliphatic rings. The molecule has 0 amide bonds. The minimum Gasteiger partial charge on any atom is -0.545 e. The van der Waals surface area contributed by atoms with Gasteiger partial charge in [-0.1, -0.05) is 42.5 Å². The van der Waals surface area contributed by atoms with Gasteiger partial charge in [0.2, 0.25) is 0 Å². The van der Waals surface area contributed by atoms with E-state index in [0.29, 0.717) is 11.8 Å². The summed E-state index contributed by atoms with van der Waals surface area (Å²) < 4.78 is 5.58. The second-order valence-corrected chi connectivity index (χ2v) is 6.76. The van der Waals surface area contributed by atoms with Gasteiger partial charge in [0.1, 0.15) is 5.75 Å². The first-order valence-electron chi connectivity index (χ1n) is 8.52. The second kappa shape index (κ2) is 5.96. The van der Waals surface area contributed by atoms with Crippen LogP contribution in [0.5, 0.6) is 5.75 Å². The number of carbonyl (C=O) groups is 1. The van der Waals surface area contributed by atoms with E-state index in [0.717, 1.165) is 23.4 Å². The van der Waals surface area contributed by atoms with Gasteiger partial charge in [0.25, 0.3) is 0 Å². The molecule has 3 atom stereocenters. The predicted octanol–water partition coefficient (Wildman–Crippen LogP) is 3.19. The van der Waals surface area contributed by atoms with Gasteiger partial charge < -0.3 is 20.0 Å². The van der Waals surface area contributed by atoms with Gasteiger partial charge in [-0.25, -0.2) is 0 Å². The number of hydrogen-bond acceptors (Lipinski definition) is 4. The normalized spacial score (nSPS) is 23.5. The molecular weight excluding hydrogens is 314 g/mol. The minimum absolute atomic E-state index is 0.110. The van der Waals surface area contributed by atoms with E-state index in [-0.39, 0.29) is 11.6 Å². The number of hydrogen-bond donors (Lipinski definition) is 1. The number of aryl methyl sites for hydroxylation is 1. The zero-order chi connectivity index (χ0) is 17.6. The molecule has 128 valence electrons. The Labute approximate surface area is 147 Å². The number of fused-ring (bicyclic) bond motifs is 3. The summed E-state index contributed by atoms with van der Waals surface area (Å²) in [7, 11) is 1.69. The van der Waals surface area contributed by atoms with Crippen LogP contribution in [0.25, 0.3) is 0 Å². The van der Waals surface area contributed by atoms with Gasteiger partial charge in [-0.05, 0) is 47.6 Å². The molecule has 0 fully saturated rings. The summed E-state index contributed by atoms with van der Waals surface area (Å²) >= 11 is 0. The Morgan fingerprint density at radius 1 is 1.20 bits per heavy atom. The van der Waals surface area contributed by atoms with Crippen LogP contribution >= 0.6 is 0 Å². The monoisotopic (exact) mass is 334 g/mol. The lowest BCUT2D eigenvalue weighted by Crippen LogP contribution is -2.30. The molecule has 4 rings (SSSR count). The van der Waals surface area contributed by atoms with Gasteiger partial charge in [0.15, 0.2) is 0 Å². The second-order valence-electron chi connectivity index (χ2n) is 6.76. The number of carboxylic acid groups (broad SMARTS) is 1. The Kier molecular flexibility index (Phi) is 3.75. The molecule has 0 radical (unpaired) electrons. The van der Waals surface area contributed by atoms with Crippen molar-refractivity contribution in [3.63, 3.8) is 0 Å². The molecular formula is C21H20NO3-. The summed E-state index contributed by atoms with van der Waals surface area (Å²) in [5.41, 5.74) is 4.90. The largest absolute Gasteiger partial charge is 0.545 e. The summed E-state index contributed by atoms with van der Waals surface area (Å²) in [4.78, 5) is 11.0. The van der Waals surface area contributed by atoms with E-state index < -0.39 is 5.97 Å². The molecule has 4 nitrogen and oxygen atoms in total. The highest BCUT2D eigenvalue weighted by molar-refractivity contribution is 5.85. The number of ether oxygens (including phenoxy) is 1. The third-order valence-corrected chi connectivity index (χ3v) is 5.42. The van der Waals surface area contributed by atoms with Crippen molar-refractivity contribution < 1.29 is 14.6 Å². The summed E-state index contributed by atoms with van der Waals surface area (Å²) in [5, 5.41) is 14.7. The Hall–Kier alpha value is -2.75. The molecule has 2 aromatic carbocycles. The lowest BCUT2D eigenvalue weighted by molar-refractivity contribution is -0.255. The molecule has 0 spiro atoms. The minimum atomic E-state index is -1.15. The molecule has 0 saturated carbocycles. The fraction of sp³-hybridized carbons (Fsp3) is 0.286. The quantitative estimate of drug-likeness (QED) is 0.876. The first-order chi connectivity index (χ1) is 12.1. The van der Waals surface area contributed by atoms with E-state index in [1.54, 1.807) is 19.2 Å². The van der Waals surface area contributed by atoms with Crippen molar-refractivity contribution in [3.8, 4) is 5.75 Å². The number of aromatic carboxylic acids is 1. The lowest BCUT2D eigenvalue weighted by atomic mass is 9.75. The molecule has 1 aliphatic heterocycles. The molecule has 0 bridgehead atoms. The van der Waals surface area contributed by atoms with Gasteiger partial charge in [0, 0.05) is 5.92 Å². The van der Waals surface area contributed by atoms with Crippen molar-refractivity contribution in [2.75, 3.05) is 12.4 Å². The first kappa shape index (κ1) is 15.8. The lowest BCUT2D eigenvalue weighted by Gasteiger charge is -2.39. The van der Waals surface area contributed by atoms with Gasteiger partial charge in [-0.2, -0.15) is 0 Å². The maximum absolute atomic E-state index is 11.0. The van der Waals surface area contributed by atoms with Crippen LogP contribution in [0.2, 0.25) is 0 Å². The predicted molar refractivity (Wildman–Crippen MR) is 94.9 cm³/mol. The van der Waals surface area contributed by atoms with Crippen molar-refractivity contribution in [3.05, 3.63) is 70.8 Å². The van der Waals surface area contributed by atoms with Crippen LogP contribution < -0.4 is 15.2 Å². The van der Waals surface area contributed by atoms with E-state index in [1.165, 1.54) is 11.1 Å². The third-order valence-electron chi connectivity index (χ3n) is 5.42. The van der Waals surface area contributed by atoms with Crippen LogP contribution in [0, 0.1) is 12.8 Å². The fourth-order valence-corrected chi connectivity index (χ4v) is 4.20. The smallest absolute Gasteiger partial charge is 0.142 e. The number of carboxylic acids is 1. The van der Waals surface area contributed by atoms with Crippen LogP contribution in [0.15, 0.2) is 48.6 Å². The van der Waals surface area contributed by atoms with Crippen molar-refractivity contribution >= 4 is 11.7 Å². The molecule has 1 aliphatic carbocycles. The van der Waals surface area contributed by atoms with Gasteiger partial charge in [-0.3, -0.25) is 0 Å². The maximum Gasteiger partial charge on any atom is 0.142 e. The topological polar surface area (TPSA) is 61.4 Å². The van der Waals surface area contributed by atoms with Crippen LogP contribution in [0.4, 0.5) is 5.69 Å². The Morgan fingerprint density at radius 3 is 2.64 bits per heavy atom. The van der Waals surface area contributed by atoms with Gasteiger partial charge in [0.05, 0.1) is 24.8 Å². The SMILES string of the molecule is COc1ccc(C)c2c1N[C@@H](c1ccc(C(=O)[O-])cc1)[C@@H]1CC=C[C@H]21. The molecule has 0 saturated heterocycles.